The van der Waals surface area contributed by atoms with Crippen molar-refractivity contribution in [3.63, 3.8) is 0 Å². The lowest BCUT2D eigenvalue weighted by atomic mass is 9.93. The highest BCUT2D eigenvalue weighted by Crippen LogP contribution is 2.38. The number of anilines is 2. The van der Waals surface area contributed by atoms with Crippen molar-refractivity contribution in [2.24, 2.45) is 0 Å². The fraction of sp³-hybridized carbons (Fsp3) is 0.294. The zero-order valence-electron chi connectivity index (χ0n) is 11.3. The summed E-state index contributed by atoms with van der Waals surface area (Å²) in [6, 6.07) is 13.6. The molecule has 0 aromatic heterocycles. The van der Waals surface area contributed by atoms with Gasteiger partial charge in [-0.25, -0.2) is 0 Å². The summed E-state index contributed by atoms with van der Waals surface area (Å²) in [6.07, 6.45) is 2.17. The van der Waals surface area contributed by atoms with Gasteiger partial charge in [-0.2, -0.15) is 0 Å². The Morgan fingerprint density at radius 3 is 2.39 bits per heavy atom. The van der Waals surface area contributed by atoms with Crippen LogP contribution in [0.5, 0.6) is 0 Å². The minimum Gasteiger partial charge on any atom is -0.344 e. The summed E-state index contributed by atoms with van der Waals surface area (Å²) < 4.78 is 0. The van der Waals surface area contributed by atoms with Crippen LogP contribution < -0.4 is 4.90 Å². The lowest BCUT2D eigenvalue weighted by Gasteiger charge is -2.30. The Kier molecular flexibility index (Phi) is 2.62. The molecule has 0 amide bonds. The first-order valence-corrected chi connectivity index (χ1v) is 6.64. The van der Waals surface area contributed by atoms with Crippen LogP contribution >= 0.6 is 0 Å². The summed E-state index contributed by atoms with van der Waals surface area (Å²) in [4.78, 5) is 2.31. The van der Waals surface area contributed by atoms with Crippen molar-refractivity contribution in [2.45, 2.75) is 26.7 Å². The molecule has 0 radical (unpaired) electrons. The molecule has 2 aromatic rings. The van der Waals surface area contributed by atoms with Crippen molar-refractivity contribution in [1.29, 1.82) is 0 Å². The topological polar surface area (TPSA) is 3.24 Å². The quantitative estimate of drug-likeness (QED) is 0.717. The van der Waals surface area contributed by atoms with Crippen molar-refractivity contribution in [3.8, 4) is 0 Å². The molecule has 1 nitrogen and oxygen atoms in total. The molecular weight excluding hydrogens is 218 g/mol. The van der Waals surface area contributed by atoms with E-state index in [1.165, 1.54) is 33.6 Å². The monoisotopic (exact) mass is 237 g/mol. The van der Waals surface area contributed by atoms with Gasteiger partial charge in [0.05, 0.1) is 0 Å². The van der Waals surface area contributed by atoms with Crippen molar-refractivity contribution in [3.05, 3.63) is 58.7 Å². The van der Waals surface area contributed by atoms with Gasteiger partial charge in [0.2, 0.25) is 0 Å². The number of hydrogen-bond acceptors (Lipinski definition) is 1. The Labute approximate surface area is 109 Å². The van der Waals surface area contributed by atoms with Gasteiger partial charge in [0.25, 0.3) is 0 Å². The molecule has 0 unspecified atom stereocenters. The standard InChI is InChI=1S/C17H19N/c1-4-13-6-8-17-15(10-13)11-14-9-12(2)5-7-16(14)18(17)3/h5-10H,4,11H2,1-3H3. The summed E-state index contributed by atoms with van der Waals surface area (Å²) >= 11 is 0. The molecular formula is C17H19N. The van der Waals surface area contributed by atoms with E-state index in [1.807, 2.05) is 0 Å². The molecule has 0 saturated heterocycles. The van der Waals surface area contributed by atoms with E-state index in [4.69, 9.17) is 0 Å². The van der Waals surface area contributed by atoms with Crippen molar-refractivity contribution in [2.75, 3.05) is 11.9 Å². The van der Waals surface area contributed by atoms with Crippen LogP contribution in [0, 0.1) is 6.92 Å². The maximum Gasteiger partial charge on any atom is 0.0444 e. The number of hydrogen-bond donors (Lipinski definition) is 0. The first kappa shape index (κ1) is 11.3. The summed E-state index contributed by atoms with van der Waals surface area (Å²) in [6.45, 7) is 4.38. The van der Waals surface area contributed by atoms with Crippen LogP contribution in [0.1, 0.15) is 29.2 Å². The van der Waals surface area contributed by atoms with E-state index < -0.39 is 0 Å². The average Bonchev–Trinajstić information content (AvgIpc) is 2.38. The van der Waals surface area contributed by atoms with Gasteiger partial charge in [-0.15, -0.1) is 0 Å². The fourth-order valence-corrected chi connectivity index (χ4v) is 2.85. The van der Waals surface area contributed by atoms with E-state index in [1.54, 1.807) is 0 Å². The minimum atomic E-state index is 1.06. The van der Waals surface area contributed by atoms with Gasteiger partial charge in [-0.05, 0) is 42.2 Å². The number of nitrogens with zero attached hydrogens (tertiary/aromatic N) is 1. The van der Waals surface area contributed by atoms with E-state index in [0.717, 1.165) is 12.8 Å². The van der Waals surface area contributed by atoms with E-state index in [9.17, 15) is 0 Å². The molecule has 18 heavy (non-hydrogen) atoms. The predicted molar refractivity (Wildman–Crippen MR) is 77.9 cm³/mol. The minimum absolute atomic E-state index is 1.06. The number of fused-ring (bicyclic) bond motifs is 2. The third-order valence-electron chi connectivity index (χ3n) is 3.89. The molecule has 3 rings (SSSR count). The van der Waals surface area contributed by atoms with Crippen molar-refractivity contribution in [1.82, 2.24) is 0 Å². The Balaban J connectivity index is 2.12. The van der Waals surface area contributed by atoms with Gasteiger partial charge in [-0.3, -0.25) is 0 Å². The van der Waals surface area contributed by atoms with Crippen LogP contribution in [0.3, 0.4) is 0 Å². The Morgan fingerprint density at radius 1 is 1.00 bits per heavy atom. The van der Waals surface area contributed by atoms with E-state index in [2.05, 4.69) is 62.2 Å². The second kappa shape index (κ2) is 4.16. The molecule has 2 aromatic carbocycles. The second-order valence-electron chi connectivity index (χ2n) is 5.18. The van der Waals surface area contributed by atoms with Gasteiger partial charge in [0, 0.05) is 24.8 Å². The zero-order valence-corrected chi connectivity index (χ0v) is 11.3. The molecule has 0 fully saturated rings. The van der Waals surface area contributed by atoms with Gasteiger partial charge in [-0.1, -0.05) is 36.8 Å². The molecule has 0 spiro atoms. The van der Waals surface area contributed by atoms with Gasteiger partial charge < -0.3 is 4.90 Å². The van der Waals surface area contributed by atoms with Gasteiger partial charge in [0.15, 0.2) is 0 Å². The van der Waals surface area contributed by atoms with Crippen LogP contribution in [-0.4, -0.2) is 7.05 Å². The summed E-state index contributed by atoms with van der Waals surface area (Å²) in [5.74, 6) is 0. The number of aryl methyl sites for hydroxylation is 2. The van der Waals surface area contributed by atoms with Crippen LogP contribution in [-0.2, 0) is 12.8 Å². The first-order chi connectivity index (χ1) is 8.69. The van der Waals surface area contributed by atoms with Crippen LogP contribution in [0.4, 0.5) is 11.4 Å². The largest absolute Gasteiger partial charge is 0.344 e. The molecule has 0 N–H and O–H groups in total. The van der Waals surface area contributed by atoms with Gasteiger partial charge in [0.1, 0.15) is 0 Å². The normalized spacial score (nSPS) is 13.2. The molecule has 92 valence electrons. The maximum atomic E-state index is 2.36. The van der Waals surface area contributed by atoms with Crippen LogP contribution in [0.2, 0.25) is 0 Å². The summed E-state index contributed by atoms with van der Waals surface area (Å²) in [7, 11) is 2.16. The predicted octanol–water partition coefficient (Wildman–Crippen LogP) is 4.23. The highest BCUT2D eigenvalue weighted by Gasteiger charge is 2.19. The molecule has 1 heterocycles. The second-order valence-corrected chi connectivity index (χ2v) is 5.18. The molecule has 0 atom stereocenters. The molecule has 0 bridgehead atoms. The third kappa shape index (κ3) is 1.71. The lowest BCUT2D eigenvalue weighted by molar-refractivity contribution is 1.03. The molecule has 0 saturated carbocycles. The Morgan fingerprint density at radius 2 is 1.67 bits per heavy atom. The Bertz CT molecular complexity index is 599. The number of benzene rings is 2. The van der Waals surface area contributed by atoms with E-state index in [0.29, 0.717) is 0 Å². The smallest absolute Gasteiger partial charge is 0.0444 e. The van der Waals surface area contributed by atoms with E-state index >= 15 is 0 Å². The van der Waals surface area contributed by atoms with Crippen molar-refractivity contribution >= 4 is 11.4 Å². The third-order valence-corrected chi connectivity index (χ3v) is 3.89. The van der Waals surface area contributed by atoms with Gasteiger partial charge >= 0.3 is 0 Å². The fourth-order valence-electron chi connectivity index (χ4n) is 2.85. The van der Waals surface area contributed by atoms with Crippen LogP contribution in [0.15, 0.2) is 36.4 Å². The zero-order chi connectivity index (χ0) is 12.7. The SMILES string of the molecule is CCc1ccc2c(c1)Cc1cc(C)ccc1N2C. The highest BCUT2D eigenvalue weighted by atomic mass is 15.1. The van der Waals surface area contributed by atoms with Crippen LogP contribution in [0.25, 0.3) is 0 Å². The highest BCUT2D eigenvalue weighted by molar-refractivity contribution is 5.74. The molecule has 1 heteroatoms. The van der Waals surface area contributed by atoms with Crippen molar-refractivity contribution < 1.29 is 0 Å². The first-order valence-electron chi connectivity index (χ1n) is 6.64. The molecule has 1 aliphatic rings. The lowest BCUT2D eigenvalue weighted by Crippen LogP contribution is -2.18. The summed E-state index contributed by atoms with van der Waals surface area (Å²) in [5.41, 5.74) is 8.37. The van der Waals surface area contributed by atoms with E-state index in [-0.39, 0.29) is 0 Å². The molecule has 1 aliphatic heterocycles. The molecule has 0 aliphatic carbocycles. The summed E-state index contributed by atoms with van der Waals surface area (Å²) in [5, 5.41) is 0. The average molecular weight is 237 g/mol. The maximum absolute atomic E-state index is 2.36. The number of rotatable bonds is 1. The Hall–Kier alpha value is -1.76.